The summed E-state index contributed by atoms with van der Waals surface area (Å²) in [5, 5.41) is 6.11. The number of piperidine rings is 1. The second-order valence-corrected chi connectivity index (χ2v) is 6.29. The van der Waals surface area contributed by atoms with Crippen LogP contribution in [-0.4, -0.2) is 30.4 Å². The first kappa shape index (κ1) is 15.0. The lowest BCUT2D eigenvalue weighted by atomic mass is 9.85. The van der Waals surface area contributed by atoms with Crippen LogP contribution in [0.4, 0.5) is 0 Å². The van der Waals surface area contributed by atoms with Gasteiger partial charge >= 0.3 is 0 Å². The van der Waals surface area contributed by atoms with Crippen LogP contribution in [0.1, 0.15) is 40.5 Å². The number of hydrogen-bond acceptors (Lipinski definition) is 3. The highest BCUT2D eigenvalue weighted by Gasteiger charge is 2.33. The zero-order valence-electron chi connectivity index (χ0n) is 11.7. The molecule has 1 aliphatic heterocycles. The molecule has 3 atom stereocenters. The lowest BCUT2D eigenvalue weighted by Gasteiger charge is -2.32. The first-order chi connectivity index (χ1) is 8.21. The number of nitrogens with one attached hydrogen (secondary N) is 2. The largest absolute Gasteiger partial charge is 0.368 e. The average molecular weight is 255 g/mol. The number of rotatable bonds is 3. The fourth-order valence-corrected chi connectivity index (χ4v) is 2.34. The van der Waals surface area contributed by atoms with Crippen molar-refractivity contribution >= 4 is 11.8 Å². The number of carbonyl (C=O) groups is 2. The molecular weight excluding hydrogens is 230 g/mol. The molecule has 0 spiro atoms. The predicted molar refractivity (Wildman–Crippen MR) is 70.8 cm³/mol. The van der Waals surface area contributed by atoms with E-state index in [1.807, 2.05) is 20.8 Å². The first-order valence-electron chi connectivity index (χ1n) is 6.55. The zero-order chi connectivity index (χ0) is 13.9. The van der Waals surface area contributed by atoms with Crippen molar-refractivity contribution in [3.8, 4) is 0 Å². The van der Waals surface area contributed by atoms with Gasteiger partial charge < -0.3 is 16.4 Å². The highest BCUT2D eigenvalue weighted by molar-refractivity contribution is 5.88. The summed E-state index contributed by atoms with van der Waals surface area (Å²) in [5.74, 6) is -0.551. The van der Waals surface area contributed by atoms with Gasteiger partial charge in [-0.25, -0.2) is 0 Å². The minimum atomic E-state index is -0.616. The van der Waals surface area contributed by atoms with Gasteiger partial charge in [0.2, 0.25) is 11.8 Å². The summed E-state index contributed by atoms with van der Waals surface area (Å²) in [7, 11) is 0. The Balaban J connectivity index is 2.64. The van der Waals surface area contributed by atoms with E-state index >= 15 is 0 Å². The number of hydrogen-bond donors (Lipinski definition) is 3. The molecule has 0 radical (unpaired) electrons. The lowest BCUT2D eigenvalue weighted by Crippen LogP contribution is -2.54. The zero-order valence-corrected chi connectivity index (χ0v) is 11.7. The Kier molecular flexibility index (Phi) is 4.73. The topological polar surface area (TPSA) is 84.2 Å². The molecule has 1 fully saturated rings. The van der Waals surface area contributed by atoms with Crippen molar-refractivity contribution in [2.75, 3.05) is 6.54 Å². The summed E-state index contributed by atoms with van der Waals surface area (Å²) in [6, 6.07) is -0.272. The Labute approximate surface area is 109 Å². The van der Waals surface area contributed by atoms with Crippen LogP contribution in [0.25, 0.3) is 0 Å². The molecule has 1 aliphatic rings. The van der Waals surface area contributed by atoms with Gasteiger partial charge in [0, 0.05) is 12.0 Å². The van der Waals surface area contributed by atoms with Gasteiger partial charge in [-0.3, -0.25) is 9.59 Å². The number of carbonyl (C=O) groups excluding carboxylic acids is 2. The van der Waals surface area contributed by atoms with Gasteiger partial charge in [-0.05, 0) is 31.7 Å². The van der Waals surface area contributed by atoms with Crippen LogP contribution in [0.3, 0.4) is 0 Å². The summed E-state index contributed by atoms with van der Waals surface area (Å²) in [4.78, 5) is 23.6. The van der Waals surface area contributed by atoms with Gasteiger partial charge in [0.05, 0.1) is 0 Å². The Bertz CT molecular complexity index is 323. The van der Waals surface area contributed by atoms with Crippen molar-refractivity contribution in [2.24, 2.45) is 17.1 Å². The Hall–Kier alpha value is -1.10. The molecule has 4 N–H and O–H groups in total. The normalized spacial score (nSPS) is 26.4. The molecule has 1 rings (SSSR count). The molecule has 0 aliphatic carbocycles. The van der Waals surface area contributed by atoms with E-state index in [2.05, 4.69) is 17.6 Å². The monoisotopic (exact) mass is 255 g/mol. The van der Waals surface area contributed by atoms with Crippen molar-refractivity contribution in [3.05, 3.63) is 0 Å². The van der Waals surface area contributed by atoms with Crippen molar-refractivity contribution < 1.29 is 9.59 Å². The van der Waals surface area contributed by atoms with E-state index in [4.69, 9.17) is 5.73 Å². The second kappa shape index (κ2) is 5.69. The molecule has 1 heterocycles. The molecule has 104 valence electrons. The van der Waals surface area contributed by atoms with Crippen LogP contribution in [-0.2, 0) is 9.59 Å². The van der Waals surface area contributed by atoms with Crippen LogP contribution < -0.4 is 16.4 Å². The first-order valence-corrected chi connectivity index (χ1v) is 6.55. The van der Waals surface area contributed by atoms with Crippen LogP contribution in [0.15, 0.2) is 0 Å². The van der Waals surface area contributed by atoms with E-state index in [1.54, 1.807) is 0 Å². The smallest absolute Gasteiger partial charge is 0.240 e. The molecule has 0 bridgehead atoms. The quantitative estimate of drug-likeness (QED) is 0.682. The Morgan fingerprint density at radius 1 is 1.39 bits per heavy atom. The maximum Gasteiger partial charge on any atom is 0.240 e. The molecule has 1 unspecified atom stereocenters. The minimum absolute atomic E-state index is 0.0227. The highest BCUT2D eigenvalue weighted by atomic mass is 16.2. The van der Waals surface area contributed by atoms with Gasteiger partial charge in [0.25, 0.3) is 0 Å². The summed E-state index contributed by atoms with van der Waals surface area (Å²) >= 11 is 0. The molecule has 1 saturated heterocycles. The minimum Gasteiger partial charge on any atom is -0.368 e. The van der Waals surface area contributed by atoms with Crippen LogP contribution >= 0.6 is 0 Å². The van der Waals surface area contributed by atoms with Gasteiger partial charge in [0.1, 0.15) is 6.04 Å². The molecule has 2 amide bonds. The molecule has 0 saturated carbocycles. The second-order valence-electron chi connectivity index (χ2n) is 6.29. The van der Waals surface area contributed by atoms with E-state index in [-0.39, 0.29) is 17.2 Å². The molecule has 0 aromatic heterocycles. The van der Waals surface area contributed by atoms with Gasteiger partial charge in [0.15, 0.2) is 0 Å². The molecule has 0 aromatic carbocycles. The third-order valence-corrected chi connectivity index (χ3v) is 3.43. The Morgan fingerprint density at radius 2 is 2.00 bits per heavy atom. The van der Waals surface area contributed by atoms with Crippen LogP contribution in [0, 0.1) is 11.3 Å². The fourth-order valence-electron chi connectivity index (χ4n) is 2.34. The van der Waals surface area contributed by atoms with Crippen molar-refractivity contribution in [2.45, 2.75) is 52.6 Å². The lowest BCUT2D eigenvalue weighted by molar-refractivity contribution is -0.132. The summed E-state index contributed by atoms with van der Waals surface area (Å²) in [5.41, 5.74) is 5.00. The van der Waals surface area contributed by atoms with Gasteiger partial charge in [-0.2, -0.15) is 0 Å². The molecular formula is C13H25N3O2. The predicted octanol–water partition coefficient (Wildman–Crippen LogP) is 0.391. The SMILES string of the molecule is C[C@H]1C[C@@H](C(=O)NC(C(N)=O)C(C)(C)C)CCN1. The summed E-state index contributed by atoms with van der Waals surface area (Å²) in [6.45, 7) is 8.60. The van der Waals surface area contributed by atoms with Gasteiger partial charge in [-0.1, -0.05) is 20.8 Å². The van der Waals surface area contributed by atoms with Crippen molar-refractivity contribution in [1.82, 2.24) is 10.6 Å². The number of nitrogens with two attached hydrogens (primary N) is 1. The maximum atomic E-state index is 12.2. The fraction of sp³-hybridized carbons (Fsp3) is 0.846. The third kappa shape index (κ3) is 3.98. The van der Waals surface area contributed by atoms with E-state index in [0.29, 0.717) is 6.04 Å². The van der Waals surface area contributed by atoms with Crippen LogP contribution in [0.5, 0.6) is 0 Å². The highest BCUT2D eigenvalue weighted by Crippen LogP contribution is 2.21. The van der Waals surface area contributed by atoms with E-state index < -0.39 is 11.9 Å². The number of amides is 2. The van der Waals surface area contributed by atoms with Crippen molar-refractivity contribution in [1.29, 1.82) is 0 Å². The van der Waals surface area contributed by atoms with E-state index in [9.17, 15) is 9.59 Å². The molecule has 0 aromatic rings. The molecule has 5 nitrogen and oxygen atoms in total. The molecule has 18 heavy (non-hydrogen) atoms. The van der Waals surface area contributed by atoms with E-state index in [1.165, 1.54) is 0 Å². The molecule has 5 heteroatoms. The summed E-state index contributed by atoms with van der Waals surface area (Å²) < 4.78 is 0. The average Bonchev–Trinajstić information content (AvgIpc) is 2.23. The standard InChI is InChI=1S/C13H25N3O2/c1-8-7-9(5-6-15-8)12(18)16-10(11(14)17)13(2,3)4/h8-10,15H,5-7H2,1-4H3,(H2,14,17)(H,16,18)/t8-,9-,10?/m0/s1. The van der Waals surface area contributed by atoms with Gasteiger partial charge in [-0.15, -0.1) is 0 Å². The van der Waals surface area contributed by atoms with Crippen molar-refractivity contribution in [3.63, 3.8) is 0 Å². The summed E-state index contributed by atoms with van der Waals surface area (Å²) in [6.07, 6.45) is 1.62. The van der Waals surface area contributed by atoms with Crippen LogP contribution in [0.2, 0.25) is 0 Å². The third-order valence-electron chi connectivity index (χ3n) is 3.43. The Morgan fingerprint density at radius 3 is 2.44 bits per heavy atom. The number of primary amides is 1. The van der Waals surface area contributed by atoms with E-state index in [0.717, 1.165) is 19.4 Å². The maximum absolute atomic E-state index is 12.2.